The number of likely N-dealkylation sites (tertiary alicyclic amines) is 3. The van der Waals surface area contributed by atoms with Gasteiger partial charge in [-0.05, 0) is 68.3 Å². The molecular formula is C36H50F2N6. The van der Waals surface area contributed by atoms with Gasteiger partial charge in [0, 0.05) is 51.6 Å². The van der Waals surface area contributed by atoms with E-state index in [4.69, 9.17) is 5.10 Å². The molecule has 2 atom stereocenters. The third-order valence-corrected chi connectivity index (χ3v) is 10.1. The maximum Gasteiger partial charge on any atom is 0.250 e. The van der Waals surface area contributed by atoms with E-state index < -0.39 is 5.92 Å². The Labute approximate surface area is 262 Å². The van der Waals surface area contributed by atoms with E-state index in [0.717, 1.165) is 44.8 Å². The quantitative estimate of drug-likeness (QED) is 0.186. The number of hydrogen-bond acceptors (Lipinski definition) is 5. The maximum absolute atomic E-state index is 13.5. The number of halogens is 2. The van der Waals surface area contributed by atoms with Gasteiger partial charge in [0.15, 0.2) is 5.82 Å². The minimum atomic E-state index is -2.48. The van der Waals surface area contributed by atoms with Crippen molar-refractivity contribution in [3.05, 3.63) is 83.4 Å². The van der Waals surface area contributed by atoms with E-state index in [1.165, 1.54) is 74.7 Å². The first-order chi connectivity index (χ1) is 21.5. The summed E-state index contributed by atoms with van der Waals surface area (Å²) < 4.78 is 29.2. The van der Waals surface area contributed by atoms with Crippen molar-refractivity contribution in [1.29, 1.82) is 0 Å². The molecule has 4 heterocycles. The summed E-state index contributed by atoms with van der Waals surface area (Å²) in [5, 5.41) is 9.09. The number of hydrogen-bond donors (Lipinski definition) is 0. The summed E-state index contributed by atoms with van der Waals surface area (Å²) in [5.74, 6) is -1.36. The van der Waals surface area contributed by atoms with E-state index in [-0.39, 0.29) is 12.8 Å². The Kier molecular flexibility index (Phi) is 10.7. The highest BCUT2D eigenvalue weighted by atomic mass is 19.3. The van der Waals surface area contributed by atoms with Gasteiger partial charge in [0.05, 0.1) is 12.6 Å². The van der Waals surface area contributed by atoms with Crippen LogP contribution in [-0.4, -0.2) is 80.7 Å². The van der Waals surface area contributed by atoms with Crippen molar-refractivity contribution in [2.45, 2.75) is 102 Å². The Morgan fingerprint density at radius 1 is 0.773 bits per heavy atom. The van der Waals surface area contributed by atoms with Crippen LogP contribution in [0.5, 0.6) is 0 Å². The lowest BCUT2D eigenvalue weighted by Gasteiger charge is -2.31. The first-order valence-electron chi connectivity index (χ1n) is 17.1. The molecule has 0 N–H and O–H groups in total. The van der Waals surface area contributed by atoms with Crippen LogP contribution < -0.4 is 0 Å². The van der Waals surface area contributed by atoms with Crippen LogP contribution in [0.2, 0.25) is 0 Å². The van der Waals surface area contributed by atoms with Crippen LogP contribution in [-0.2, 0) is 19.5 Å². The van der Waals surface area contributed by atoms with Crippen LogP contribution in [0, 0.1) is 0 Å². The van der Waals surface area contributed by atoms with E-state index >= 15 is 0 Å². The summed E-state index contributed by atoms with van der Waals surface area (Å²) in [7, 11) is 0. The van der Waals surface area contributed by atoms with Crippen LogP contribution >= 0.6 is 0 Å². The fourth-order valence-electron chi connectivity index (χ4n) is 7.48. The number of unbranched alkanes of at least 4 members (excludes halogenated alkanes) is 3. The first-order valence-corrected chi connectivity index (χ1v) is 17.1. The van der Waals surface area contributed by atoms with Crippen LogP contribution in [0.15, 0.2) is 60.9 Å². The molecular weight excluding hydrogens is 554 g/mol. The Balaban J connectivity index is 0.981. The van der Waals surface area contributed by atoms with Gasteiger partial charge in [-0.3, -0.25) is 14.7 Å². The molecule has 44 heavy (non-hydrogen) atoms. The molecule has 3 aliphatic heterocycles. The summed E-state index contributed by atoms with van der Waals surface area (Å²) in [6.45, 7) is 7.36. The maximum atomic E-state index is 13.5. The van der Waals surface area contributed by atoms with E-state index in [9.17, 15) is 8.78 Å². The molecule has 2 aromatic carbocycles. The third kappa shape index (κ3) is 8.52. The SMILES string of the molecule is FC1(F)CCN(Cc2ccc(CCCCCCC(c3nncn3Cc3ccccc3)N3CCC(N4CCCC4)C3)cc2)CC1. The van der Waals surface area contributed by atoms with Gasteiger partial charge in [-0.2, -0.15) is 0 Å². The molecule has 8 heteroatoms. The Morgan fingerprint density at radius 3 is 2.25 bits per heavy atom. The lowest BCUT2D eigenvalue weighted by molar-refractivity contribution is -0.0566. The molecule has 0 aliphatic carbocycles. The largest absolute Gasteiger partial charge is 0.312 e. The first kappa shape index (κ1) is 31.3. The number of benzene rings is 2. The molecule has 2 unspecified atom stereocenters. The highest BCUT2D eigenvalue weighted by molar-refractivity contribution is 5.22. The molecule has 0 amide bonds. The molecule has 238 valence electrons. The molecule has 6 nitrogen and oxygen atoms in total. The normalized spacial score (nSPS) is 22.1. The van der Waals surface area contributed by atoms with Gasteiger partial charge in [-0.25, -0.2) is 8.78 Å². The fourth-order valence-corrected chi connectivity index (χ4v) is 7.48. The molecule has 3 saturated heterocycles. The average molecular weight is 605 g/mol. The minimum absolute atomic E-state index is 0.0170. The molecule has 3 fully saturated rings. The van der Waals surface area contributed by atoms with E-state index in [1.807, 2.05) is 6.33 Å². The average Bonchev–Trinajstić information content (AvgIpc) is 3.82. The zero-order valence-electron chi connectivity index (χ0n) is 26.3. The van der Waals surface area contributed by atoms with Crippen molar-refractivity contribution in [3.63, 3.8) is 0 Å². The van der Waals surface area contributed by atoms with Crippen molar-refractivity contribution < 1.29 is 8.78 Å². The predicted molar refractivity (Wildman–Crippen MR) is 172 cm³/mol. The Hall–Kier alpha value is -2.68. The molecule has 3 aromatic rings. The van der Waals surface area contributed by atoms with Gasteiger partial charge < -0.3 is 4.57 Å². The molecule has 1 aromatic heterocycles. The number of aromatic nitrogens is 3. The topological polar surface area (TPSA) is 40.4 Å². The molecule has 0 bridgehead atoms. The van der Waals surface area contributed by atoms with Gasteiger partial charge in [-0.15, -0.1) is 10.2 Å². The van der Waals surface area contributed by atoms with Gasteiger partial charge in [0.1, 0.15) is 6.33 Å². The monoisotopic (exact) mass is 604 g/mol. The summed E-state index contributed by atoms with van der Waals surface area (Å²) in [6.07, 6.45) is 12.9. The molecule has 0 spiro atoms. The van der Waals surface area contributed by atoms with Crippen molar-refractivity contribution in [3.8, 4) is 0 Å². The highest BCUT2D eigenvalue weighted by Crippen LogP contribution is 2.32. The lowest BCUT2D eigenvalue weighted by Crippen LogP contribution is -2.38. The van der Waals surface area contributed by atoms with Gasteiger partial charge >= 0.3 is 0 Å². The lowest BCUT2D eigenvalue weighted by atomic mass is 10.0. The van der Waals surface area contributed by atoms with E-state index in [2.05, 4.69) is 79.0 Å². The number of alkyl halides is 2. The Morgan fingerprint density at radius 2 is 1.48 bits per heavy atom. The second-order valence-electron chi connectivity index (χ2n) is 13.4. The van der Waals surface area contributed by atoms with E-state index in [0.29, 0.717) is 25.2 Å². The van der Waals surface area contributed by atoms with Crippen LogP contribution in [0.4, 0.5) is 8.78 Å². The minimum Gasteiger partial charge on any atom is -0.312 e. The standard InChI is InChI=1S/C36H50F2N6/c37-36(38)19-24-41(25-20-36)26-32-16-14-30(15-17-32)10-4-1-2-7-13-34(43-23-18-33(28-43)42-21-8-9-22-42)35-40-39-29-44(35)27-31-11-5-3-6-12-31/h3,5-6,11-12,14-17,29,33-34H,1-2,4,7-10,13,18-28H2. The van der Waals surface area contributed by atoms with Crippen molar-refractivity contribution in [2.75, 3.05) is 39.3 Å². The second-order valence-corrected chi connectivity index (χ2v) is 13.4. The van der Waals surface area contributed by atoms with Crippen molar-refractivity contribution in [2.24, 2.45) is 0 Å². The molecule has 6 rings (SSSR count). The highest BCUT2D eigenvalue weighted by Gasteiger charge is 2.35. The van der Waals surface area contributed by atoms with Crippen molar-refractivity contribution in [1.82, 2.24) is 29.5 Å². The molecule has 3 aliphatic rings. The Bertz CT molecular complexity index is 1260. The summed E-state index contributed by atoms with van der Waals surface area (Å²) in [4.78, 5) is 7.57. The van der Waals surface area contributed by atoms with Gasteiger partial charge in [0.25, 0.3) is 5.92 Å². The molecule has 0 saturated carbocycles. The van der Waals surface area contributed by atoms with Crippen LogP contribution in [0.3, 0.4) is 0 Å². The van der Waals surface area contributed by atoms with Gasteiger partial charge in [-0.1, -0.05) is 73.9 Å². The molecule has 0 radical (unpaired) electrons. The van der Waals surface area contributed by atoms with Crippen LogP contribution in [0.1, 0.15) is 92.8 Å². The summed E-state index contributed by atoms with van der Waals surface area (Å²) in [6, 6.07) is 20.5. The number of aryl methyl sites for hydroxylation is 1. The summed E-state index contributed by atoms with van der Waals surface area (Å²) in [5.41, 5.74) is 3.88. The van der Waals surface area contributed by atoms with Crippen molar-refractivity contribution >= 4 is 0 Å². The second kappa shape index (κ2) is 15.1. The predicted octanol–water partition coefficient (Wildman–Crippen LogP) is 6.96. The number of piperidine rings is 1. The number of rotatable bonds is 14. The zero-order valence-corrected chi connectivity index (χ0v) is 26.3. The summed E-state index contributed by atoms with van der Waals surface area (Å²) >= 11 is 0. The fraction of sp³-hybridized carbons (Fsp3) is 0.611. The third-order valence-electron chi connectivity index (χ3n) is 10.1. The number of nitrogens with zero attached hydrogens (tertiary/aromatic N) is 6. The van der Waals surface area contributed by atoms with E-state index in [1.54, 1.807) is 0 Å². The van der Waals surface area contributed by atoms with Crippen LogP contribution in [0.25, 0.3) is 0 Å². The van der Waals surface area contributed by atoms with Gasteiger partial charge in [0.2, 0.25) is 0 Å². The zero-order chi connectivity index (χ0) is 30.2. The smallest absolute Gasteiger partial charge is 0.250 e.